The maximum absolute atomic E-state index is 13.0. The highest BCUT2D eigenvalue weighted by atomic mass is 35.5. The van der Waals surface area contributed by atoms with Crippen LogP contribution in [0.5, 0.6) is 11.8 Å². The average molecular weight is 683 g/mol. The zero-order chi connectivity index (χ0) is 33.6. The smallest absolute Gasteiger partial charge is 0.451 e. The second-order valence-corrected chi connectivity index (χ2v) is 10.2. The minimum absolute atomic E-state index is 0.396. The van der Waals surface area contributed by atoms with Crippen molar-refractivity contribution in [2.24, 2.45) is 0 Å². The first-order valence-electron chi connectivity index (χ1n) is 11.7. The first-order valence-corrected chi connectivity index (χ1v) is 13.5. The predicted molar refractivity (Wildman–Crippen MR) is 142 cm³/mol. The number of ether oxygens (including phenoxy) is 2. The van der Waals surface area contributed by atoms with Crippen molar-refractivity contribution < 1.29 is 58.9 Å². The van der Waals surface area contributed by atoms with Crippen molar-refractivity contribution in [2.75, 3.05) is 19.0 Å². The third kappa shape index (κ3) is 9.25. The molecule has 240 valence electrons. The number of pyridine rings is 1. The molecule has 2 heterocycles. The summed E-state index contributed by atoms with van der Waals surface area (Å²) in [6.07, 6.45) is -8.50. The number of hydrogen-bond acceptors (Lipinski definition) is 10. The van der Waals surface area contributed by atoms with Crippen molar-refractivity contribution in [1.29, 1.82) is 0 Å². The number of nitrogens with zero attached hydrogens (tertiary/aromatic N) is 4. The topological polar surface area (TPSA) is 183 Å². The number of halogens is 7. The second-order valence-electron chi connectivity index (χ2n) is 8.15. The Morgan fingerprint density at radius 1 is 0.956 bits per heavy atom. The lowest BCUT2D eigenvalue weighted by Crippen LogP contribution is -2.36. The van der Waals surface area contributed by atoms with Crippen molar-refractivity contribution in [3.8, 4) is 11.8 Å². The molecule has 0 radical (unpaired) electrons. The number of benzene rings is 2. The molecule has 0 aliphatic heterocycles. The van der Waals surface area contributed by atoms with E-state index >= 15 is 0 Å². The van der Waals surface area contributed by atoms with Gasteiger partial charge in [-0.3, -0.25) is 10.3 Å². The summed E-state index contributed by atoms with van der Waals surface area (Å²) >= 11 is 5.98. The number of carbonyl (C=O) groups excluding carboxylic acids is 1. The van der Waals surface area contributed by atoms with Gasteiger partial charge < -0.3 is 14.6 Å². The van der Waals surface area contributed by atoms with Crippen LogP contribution in [0.1, 0.15) is 11.4 Å². The zero-order valence-corrected chi connectivity index (χ0v) is 23.7. The maximum atomic E-state index is 13.0. The Hall–Kier alpha value is -4.98. The standard InChI is InChI=1S/C13H9F6N5O4S.C11H8ClNO3/c1-28-11-21-8(13(17,18)19)20-9(23-11)22-10(25)24-29(26,27)7-5-3-2-4-6(7)12(14,15)16;12-8-3-4-9(16-6-10(14)15)11-7(8)2-1-5-13-11/h2-5H,1H3,(H2,20,21,22,23,24,25);1-5H,6H2,(H,14,15). The molecule has 0 aliphatic rings. The summed E-state index contributed by atoms with van der Waals surface area (Å²) in [5, 5.41) is 11.4. The Morgan fingerprint density at radius 2 is 1.64 bits per heavy atom. The molecule has 4 rings (SSSR count). The molecule has 0 unspecified atom stereocenters. The van der Waals surface area contributed by atoms with Crippen LogP contribution in [-0.4, -0.2) is 59.2 Å². The van der Waals surface area contributed by atoms with Gasteiger partial charge in [0.2, 0.25) is 11.8 Å². The monoisotopic (exact) mass is 682 g/mol. The van der Waals surface area contributed by atoms with Gasteiger partial charge >= 0.3 is 30.4 Å². The Labute approximate surface area is 253 Å². The molecular weight excluding hydrogens is 666 g/mol. The number of urea groups is 1. The number of fused-ring (bicyclic) bond motifs is 1. The van der Waals surface area contributed by atoms with Gasteiger partial charge in [-0.25, -0.2) is 22.7 Å². The highest BCUT2D eigenvalue weighted by Gasteiger charge is 2.38. The minimum atomic E-state index is -5.05. The number of alkyl halides is 6. The van der Waals surface area contributed by atoms with E-state index in [0.29, 0.717) is 28.4 Å². The Bertz CT molecular complexity index is 1830. The van der Waals surface area contributed by atoms with E-state index in [0.717, 1.165) is 24.6 Å². The largest absolute Gasteiger partial charge is 0.480 e. The number of aromatic nitrogens is 4. The molecule has 4 aromatic rings. The molecule has 0 atom stereocenters. The Balaban J connectivity index is 0.000000289. The molecule has 2 amide bonds. The SMILES string of the molecule is COc1nc(NC(=O)NS(=O)(=O)c2ccccc2C(F)(F)F)nc(C(F)(F)F)n1.O=C(O)COc1ccc(Cl)c2cccnc12. The van der Waals surface area contributed by atoms with Crippen molar-refractivity contribution in [3.05, 3.63) is 71.1 Å². The maximum Gasteiger partial charge on any atom is 0.451 e. The Morgan fingerprint density at radius 3 is 2.27 bits per heavy atom. The summed E-state index contributed by atoms with van der Waals surface area (Å²) in [4.78, 5) is 34.1. The molecule has 13 nitrogen and oxygen atoms in total. The van der Waals surface area contributed by atoms with E-state index in [9.17, 15) is 44.3 Å². The van der Waals surface area contributed by atoms with E-state index in [1.807, 2.05) is 0 Å². The van der Waals surface area contributed by atoms with Gasteiger partial charge in [0.15, 0.2) is 6.61 Å². The number of methoxy groups -OCH3 is 1. The van der Waals surface area contributed by atoms with E-state index in [-0.39, 0.29) is 0 Å². The van der Waals surface area contributed by atoms with Crippen LogP contribution >= 0.6 is 11.6 Å². The molecular formula is C24H17ClF6N6O7S. The van der Waals surface area contributed by atoms with Gasteiger partial charge in [-0.15, -0.1) is 0 Å². The van der Waals surface area contributed by atoms with Gasteiger partial charge in [0, 0.05) is 11.6 Å². The molecule has 2 aromatic heterocycles. The van der Waals surface area contributed by atoms with Crippen LogP contribution in [0.15, 0.2) is 59.6 Å². The summed E-state index contributed by atoms with van der Waals surface area (Å²) in [6, 6.07) is 7.23. The normalized spacial score (nSPS) is 11.6. The van der Waals surface area contributed by atoms with Crippen LogP contribution < -0.4 is 19.5 Å². The number of amides is 2. The number of anilines is 1. The summed E-state index contributed by atoms with van der Waals surface area (Å²) in [5.74, 6) is -3.42. The van der Waals surface area contributed by atoms with Gasteiger partial charge in [0.25, 0.3) is 10.0 Å². The van der Waals surface area contributed by atoms with E-state index in [2.05, 4.69) is 24.7 Å². The first kappa shape index (κ1) is 34.5. The van der Waals surface area contributed by atoms with Crippen LogP contribution in [0, 0.1) is 0 Å². The van der Waals surface area contributed by atoms with Crippen LogP contribution in [0.3, 0.4) is 0 Å². The van der Waals surface area contributed by atoms with Crippen LogP contribution in [0.4, 0.5) is 37.1 Å². The number of aliphatic carboxylic acids is 1. The van der Waals surface area contributed by atoms with Crippen LogP contribution in [0.2, 0.25) is 5.02 Å². The van der Waals surface area contributed by atoms with Crippen molar-refractivity contribution in [3.63, 3.8) is 0 Å². The first-order chi connectivity index (χ1) is 20.9. The van der Waals surface area contributed by atoms with E-state index in [1.165, 1.54) is 4.72 Å². The number of hydrogen-bond donors (Lipinski definition) is 3. The van der Waals surface area contributed by atoms with E-state index < -0.39 is 69.2 Å². The minimum Gasteiger partial charge on any atom is -0.480 e. The lowest BCUT2D eigenvalue weighted by molar-refractivity contribution is -0.145. The molecule has 45 heavy (non-hydrogen) atoms. The fraction of sp³-hybridized carbons (Fsp3) is 0.167. The van der Waals surface area contributed by atoms with Gasteiger partial charge in [-0.1, -0.05) is 23.7 Å². The summed E-state index contributed by atoms with van der Waals surface area (Å²) in [5.41, 5.74) is -0.988. The fourth-order valence-electron chi connectivity index (χ4n) is 3.24. The van der Waals surface area contributed by atoms with Gasteiger partial charge in [-0.05, 0) is 36.4 Å². The summed E-state index contributed by atoms with van der Waals surface area (Å²) in [6.45, 7) is -0.396. The third-order valence-electron chi connectivity index (χ3n) is 5.02. The molecule has 3 N–H and O–H groups in total. The van der Waals surface area contributed by atoms with E-state index in [1.54, 1.807) is 35.8 Å². The molecule has 0 bridgehead atoms. The second kappa shape index (κ2) is 13.8. The molecule has 0 spiro atoms. The molecule has 0 saturated carbocycles. The van der Waals surface area contributed by atoms with E-state index in [4.69, 9.17) is 21.4 Å². The van der Waals surface area contributed by atoms with Gasteiger partial charge in [0.05, 0.1) is 22.6 Å². The zero-order valence-electron chi connectivity index (χ0n) is 22.1. The number of nitrogens with one attached hydrogen (secondary N) is 2. The summed E-state index contributed by atoms with van der Waals surface area (Å²) < 4.78 is 112. The Kier molecular flexibility index (Phi) is 10.6. The molecule has 0 saturated heterocycles. The van der Waals surface area contributed by atoms with Crippen molar-refractivity contribution in [2.45, 2.75) is 17.2 Å². The van der Waals surface area contributed by atoms with Crippen molar-refractivity contribution in [1.82, 2.24) is 24.7 Å². The lowest BCUT2D eigenvalue weighted by Gasteiger charge is -2.14. The van der Waals surface area contributed by atoms with Crippen LogP contribution in [-0.2, 0) is 27.2 Å². The highest BCUT2D eigenvalue weighted by Crippen LogP contribution is 2.34. The highest BCUT2D eigenvalue weighted by molar-refractivity contribution is 7.90. The predicted octanol–water partition coefficient (Wildman–Crippen LogP) is 4.78. The average Bonchev–Trinajstić information content (AvgIpc) is 2.96. The molecule has 0 aliphatic carbocycles. The number of carbonyl (C=O) groups is 2. The van der Waals surface area contributed by atoms with Gasteiger partial charge in [-0.2, -0.15) is 41.3 Å². The fourth-order valence-corrected chi connectivity index (χ4v) is 4.59. The quantitative estimate of drug-likeness (QED) is 0.228. The lowest BCUT2D eigenvalue weighted by atomic mass is 10.2. The summed E-state index contributed by atoms with van der Waals surface area (Å²) in [7, 11) is -4.14. The number of rotatable bonds is 7. The molecule has 0 fully saturated rings. The molecule has 2 aromatic carbocycles. The number of carboxylic acid groups (broad SMARTS) is 1. The number of sulfonamides is 1. The van der Waals surface area contributed by atoms with Crippen LogP contribution in [0.25, 0.3) is 10.9 Å². The van der Waals surface area contributed by atoms with Crippen molar-refractivity contribution >= 4 is 50.5 Å². The third-order valence-corrected chi connectivity index (χ3v) is 6.73. The van der Waals surface area contributed by atoms with Gasteiger partial charge in [0.1, 0.15) is 11.3 Å². The molecule has 21 heteroatoms. The number of carboxylic acids is 1.